The Kier molecular flexibility index (Phi) is 7.40. The summed E-state index contributed by atoms with van der Waals surface area (Å²) < 4.78 is 0. The lowest BCUT2D eigenvalue weighted by Crippen LogP contribution is -2.19. The molecule has 110 valence electrons. The van der Waals surface area contributed by atoms with Crippen LogP contribution in [0.4, 0.5) is 0 Å². The highest BCUT2D eigenvalue weighted by Crippen LogP contribution is 2.15. The number of nitrogens with one attached hydrogen (secondary N) is 1. The van der Waals surface area contributed by atoms with Crippen molar-refractivity contribution in [1.82, 2.24) is 5.43 Å². The Morgan fingerprint density at radius 2 is 1.90 bits per heavy atom. The van der Waals surface area contributed by atoms with Crippen molar-refractivity contribution in [3.05, 3.63) is 29.8 Å². The maximum Gasteiger partial charge on any atom is 0.275 e. The highest BCUT2D eigenvalue weighted by Gasteiger charge is 2.08. The number of benzene rings is 1. The number of phenolic OH excluding ortho intramolecular Hbond substituents is 1. The van der Waals surface area contributed by atoms with Gasteiger partial charge in [-0.05, 0) is 31.9 Å². The van der Waals surface area contributed by atoms with E-state index in [1.165, 1.54) is 31.7 Å². The molecule has 4 heteroatoms. The van der Waals surface area contributed by atoms with Crippen LogP contribution in [0.25, 0.3) is 0 Å². The average molecular weight is 276 g/mol. The van der Waals surface area contributed by atoms with Gasteiger partial charge in [-0.2, -0.15) is 5.10 Å². The number of amides is 1. The van der Waals surface area contributed by atoms with E-state index in [1.54, 1.807) is 18.2 Å². The maximum atomic E-state index is 11.8. The molecule has 0 heterocycles. The van der Waals surface area contributed by atoms with Crippen molar-refractivity contribution >= 4 is 11.6 Å². The zero-order valence-corrected chi connectivity index (χ0v) is 12.4. The number of hydrogen-bond acceptors (Lipinski definition) is 3. The van der Waals surface area contributed by atoms with Crippen molar-refractivity contribution in [2.24, 2.45) is 5.10 Å². The molecule has 0 bridgehead atoms. The van der Waals surface area contributed by atoms with E-state index in [1.807, 2.05) is 6.92 Å². The van der Waals surface area contributed by atoms with Crippen LogP contribution in [0.2, 0.25) is 0 Å². The first-order valence-corrected chi connectivity index (χ1v) is 7.26. The standard InChI is InChI=1S/C16H24N2O2/c1-3-4-5-6-7-10-13(2)17-18-16(20)14-11-8-9-12-15(14)19/h8-9,11-12,19H,3-7,10H2,1-2H3,(H,18,20)/b17-13-. The van der Waals surface area contributed by atoms with Gasteiger partial charge in [0, 0.05) is 5.71 Å². The van der Waals surface area contributed by atoms with Crippen LogP contribution in [0.1, 0.15) is 62.7 Å². The number of hydrogen-bond donors (Lipinski definition) is 2. The predicted octanol–water partition coefficient (Wildman–Crippen LogP) is 3.86. The summed E-state index contributed by atoms with van der Waals surface area (Å²) in [4.78, 5) is 11.8. The largest absolute Gasteiger partial charge is 0.507 e. The van der Waals surface area contributed by atoms with E-state index < -0.39 is 0 Å². The molecule has 0 atom stereocenters. The molecule has 1 amide bonds. The number of hydrazone groups is 1. The molecule has 0 fully saturated rings. The molecular formula is C16H24N2O2. The lowest BCUT2D eigenvalue weighted by Gasteiger charge is -2.04. The second-order valence-corrected chi connectivity index (χ2v) is 4.97. The summed E-state index contributed by atoms with van der Waals surface area (Å²) >= 11 is 0. The summed E-state index contributed by atoms with van der Waals surface area (Å²) in [5.41, 5.74) is 3.63. The Labute approximate surface area is 120 Å². The minimum Gasteiger partial charge on any atom is -0.507 e. The van der Waals surface area contributed by atoms with Gasteiger partial charge in [-0.3, -0.25) is 4.79 Å². The van der Waals surface area contributed by atoms with Crippen LogP contribution in [0.15, 0.2) is 29.4 Å². The Hall–Kier alpha value is -1.84. The number of carbonyl (C=O) groups excluding carboxylic acids is 1. The summed E-state index contributed by atoms with van der Waals surface area (Å²) in [6.45, 7) is 4.10. The smallest absolute Gasteiger partial charge is 0.275 e. The molecule has 0 aliphatic rings. The zero-order chi connectivity index (χ0) is 14.8. The van der Waals surface area contributed by atoms with E-state index in [0.29, 0.717) is 0 Å². The summed E-state index contributed by atoms with van der Waals surface area (Å²) in [6, 6.07) is 6.44. The van der Waals surface area contributed by atoms with Gasteiger partial charge in [0.05, 0.1) is 5.56 Å². The van der Waals surface area contributed by atoms with Crippen LogP contribution in [0, 0.1) is 0 Å². The number of rotatable bonds is 8. The third-order valence-electron chi connectivity index (χ3n) is 3.14. The van der Waals surface area contributed by atoms with Crippen LogP contribution in [0.3, 0.4) is 0 Å². The number of aromatic hydroxyl groups is 1. The van der Waals surface area contributed by atoms with Gasteiger partial charge in [0.25, 0.3) is 5.91 Å². The summed E-state index contributed by atoms with van der Waals surface area (Å²) in [5, 5.41) is 13.6. The molecule has 0 saturated heterocycles. The number of unbranched alkanes of at least 4 members (excludes halogenated alkanes) is 4. The first kappa shape index (κ1) is 16.2. The van der Waals surface area contributed by atoms with E-state index in [2.05, 4.69) is 17.5 Å². The number of para-hydroxylation sites is 1. The molecular weight excluding hydrogens is 252 g/mol. The molecule has 0 unspecified atom stereocenters. The van der Waals surface area contributed by atoms with Gasteiger partial charge in [0.15, 0.2) is 0 Å². The van der Waals surface area contributed by atoms with Crippen molar-refractivity contribution < 1.29 is 9.90 Å². The Morgan fingerprint density at radius 1 is 1.20 bits per heavy atom. The van der Waals surface area contributed by atoms with Gasteiger partial charge in [-0.1, -0.05) is 44.7 Å². The number of carbonyl (C=O) groups is 1. The molecule has 1 aromatic carbocycles. The third kappa shape index (κ3) is 5.87. The van der Waals surface area contributed by atoms with Crippen molar-refractivity contribution in [3.8, 4) is 5.75 Å². The van der Waals surface area contributed by atoms with Gasteiger partial charge in [-0.15, -0.1) is 0 Å². The average Bonchev–Trinajstić information content (AvgIpc) is 2.45. The molecule has 1 rings (SSSR count). The summed E-state index contributed by atoms with van der Waals surface area (Å²) in [6.07, 6.45) is 6.97. The summed E-state index contributed by atoms with van der Waals surface area (Å²) in [7, 11) is 0. The van der Waals surface area contributed by atoms with Gasteiger partial charge in [0.1, 0.15) is 5.75 Å². The SMILES string of the molecule is CCCCCCC/C(C)=N\NC(=O)c1ccccc1O. The Balaban J connectivity index is 2.35. The first-order chi connectivity index (χ1) is 9.65. The van der Waals surface area contributed by atoms with Gasteiger partial charge < -0.3 is 5.11 Å². The molecule has 0 aliphatic heterocycles. The molecule has 0 aromatic heterocycles. The highest BCUT2D eigenvalue weighted by atomic mass is 16.3. The molecule has 0 spiro atoms. The normalized spacial score (nSPS) is 11.4. The molecule has 0 saturated carbocycles. The minimum absolute atomic E-state index is 0.0302. The van der Waals surface area contributed by atoms with E-state index in [-0.39, 0.29) is 17.2 Å². The van der Waals surface area contributed by atoms with E-state index in [0.717, 1.165) is 18.6 Å². The van der Waals surface area contributed by atoms with Gasteiger partial charge in [0.2, 0.25) is 0 Å². The third-order valence-corrected chi connectivity index (χ3v) is 3.14. The molecule has 20 heavy (non-hydrogen) atoms. The van der Waals surface area contributed by atoms with E-state index >= 15 is 0 Å². The fraction of sp³-hybridized carbons (Fsp3) is 0.500. The lowest BCUT2D eigenvalue weighted by molar-refractivity contribution is 0.0952. The molecule has 1 aromatic rings. The Morgan fingerprint density at radius 3 is 2.60 bits per heavy atom. The first-order valence-electron chi connectivity index (χ1n) is 7.26. The number of phenols is 1. The molecule has 0 aliphatic carbocycles. The molecule has 2 N–H and O–H groups in total. The van der Waals surface area contributed by atoms with Crippen LogP contribution in [0.5, 0.6) is 5.75 Å². The minimum atomic E-state index is -0.381. The van der Waals surface area contributed by atoms with E-state index in [4.69, 9.17) is 0 Å². The molecule has 4 nitrogen and oxygen atoms in total. The highest BCUT2D eigenvalue weighted by molar-refractivity contribution is 5.97. The van der Waals surface area contributed by atoms with Crippen molar-refractivity contribution in [1.29, 1.82) is 0 Å². The molecule has 0 radical (unpaired) electrons. The quantitative estimate of drug-likeness (QED) is 0.430. The van der Waals surface area contributed by atoms with Crippen molar-refractivity contribution in [2.45, 2.75) is 52.4 Å². The second-order valence-electron chi connectivity index (χ2n) is 4.97. The van der Waals surface area contributed by atoms with Gasteiger partial charge >= 0.3 is 0 Å². The fourth-order valence-electron chi connectivity index (χ4n) is 1.91. The lowest BCUT2D eigenvalue weighted by atomic mass is 10.1. The number of nitrogens with zero attached hydrogens (tertiary/aromatic N) is 1. The van der Waals surface area contributed by atoms with E-state index in [9.17, 15) is 9.90 Å². The van der Waals surface area contributed by atoms with Crippen LogP contribution < -0.4 is 5.43 Å². The van der Waals surface area contributed by atoms with Crippen molar-refractivity contribution in [3.63, 3.8) is 0 Å². The summed E-state index contributed by atoms with van der Waals surface area (Å²) in [5.74, 6) is -0.411. The topological polar surface area (TPSA) is 61.7 Å². The maximum absolute atomic E-state index is 11.8. The van der Waals surface area contributed by atoms with Crippen LogP contribution in [-0.2, 0) is 0 Å². The second kappa shape index (κ2) is 9.13. The van der Waals surface area contributed by atoms with Crippen molar-refractivity contribution in [2.75, 3.05) is 0 Å². The van der Waals surface area contributed by atoms with Crippen LogP contribution >= 0.6 is 0 Å². The van der Waals surface area contributed by atoms with Crippen LogP contribution in [-0.4, -0.2) is 16.7 Å². The zero-order valence-electron chi connectivity index (χ0n) is 12.4. The Bertz CT molecular complexity index is 456. The van der Waals surface area contributed by atoms with Gasteiger partial charge in [-0.25, -0.2) is 5.43 Å². The fourth-order valence-corrected chi connectivity index (χ4v) is 1.91. The predicted molar refractivity (Wildman–Crippen MR) is 82.1 cm³/mol. The monoisotopic (exact) mass is 276 g/mol.